The molecule has 0 aliphatic heterocycles. The van der Waals surface area contributed by atoms with Crippen LogP contribution in [0.3, 0.4) is 0 Å². The van der Waals surface area contributed by atoms with Gasteiger partial charge in [0.1, 0.15) is 0 Å². The van der Waals surface area contributed by atoms with Gasteiger partial charge in [0, 0.05) is 0 Å². The largest absolute Gasteiger partial charge is 0.0935 e. The SMILES string of the molecule is CC(C)CCCC=S. The van der Waals surface area contributed by atoms with Crippen LogP contribution in [0, 0.1) is 5.92 Å². The number of thiocarbonyl (C=S) groups is 1. The van der Waals surface area contributed by atoms with Gasteiger partial charge in [0.25, 0.3) is 0 Å². The lowest BCUT2D eigenvalue weighted by Gasteiger charge is -1.99. The maximum Gasteiger partial charge on any atom is -0.0210 e. The topological polar surface area (TPSA) is 0 Å². The highest BCUT2D eigenvalue weighted by molar-refractivity contribution is 7.78. The molecule has 0 atom stereocenters. The van der Waals surface area contributed by atoms with Gasteiger partial charge in [-0.3, -0.25) is 0 Å². The molecule has 0 aliphatic carbocycles. The molecule has 0 unspecified atom stereocenters. The maximum absolute atomic E-state index is 4.68. The molecule has 8 heavy (non-hydrogen) atoms. The van der Waals surface area contributed by atoms with Crippen molar-refractivity contribution in [3.63, 3.8) is 0 Å². The summed E-state index contributed by atoms with van der Waals surface area (Å²) in [7, 11) is 0. The summed E-state index contributed by atoms with van der Waals surface area (Å²) in [4.78, 5) is 0. The minimum Gasteiger partial charge on any atom is -0.0935 e. The summed E-state index contributed by atoms with van der Waals surface area (Å²) in [6.07, 6.45) is 3.68. The van der Waals surface area contributed by atoms with Gasteiger partial charge in [-0.1, -0.05) is 32.5 Å². The standard InChI is InChI=1S/C7H14S/c1-7(2)5-3-4-6-8/h6-7H,3-5H2,1-2H3. The van der Waals surface area contributed by atoms with E-state index in [1.165, 1.54) is 12.8 Å². The molecule has 0 radical (unpaired) electrons. The van der Waals surface area contributed by atoms with Crippen molar-refractivity contribution < 1.29 is 0 Å². The fourth-order valence-corrected chi connectivity index (χ4v) is 0.776. The fourth-order valence-electron chi connectivity index (χ4n) is 0.609. The molecule has 1 heteroatoms. The summed E-state index contributed by atoms with van der Waals surface area (Å²) in [6.45, 7) is 4.48. The molecule has 0 aromatic rings. The van der Waals surface area contributed by atoms with E-state index in [0.717, 1.165) is 12.3 Å². The van der Waals surface area contributed by atoms with Crippen molar-refractivity contribution in [1.82, 2.24) is 0 Å². The van der Waals surface area contributed by atoms with E-state index in [0.29, 0.717) is 0 Å². The molecular formula is C7H14S. The number of hydrogen-bond donors (Lipinski definition) is 0. The molecule has 0 spiro atoms. The van der Waals surface area contributed by atoms with E-state index in [9.17, 15) is 0 Å². The number of hydrogen-bond acceptors (Lipinski definition) is 1. The van der Waals surface area contributed by atoms with E-state index >= 15 is 0 Å². The Morgan fingerprint density at radius 3 is 2.50 bits per heavy atom. The van der Waals surface area contributed by atoms with Crippen molar-refractivity contribution in [1.29, 1.82) is 0 Å². The van der Waals surface area contributed by atoms with Gasteiger partial charge in [0.2, 0.25) is 0 Å². The van der Waals surface area contributed by atoms with E-state index in [2.05, 4.69) is 26.1 Å². The zero-order valence-corrected chi connectivity index (χ0v) is 6.50. The van der Waals surface area contributed by atoms with Gasteiger partial charge in [-0.15, -0.1) is 0 Å². The lowest BCUT2D eigenvalue weighted by molar-refractivity contribution is 0.567. The molecule has 0 aliphatic rings. The van der Waals surface area contributed by atoms with Gasteiger partial charge >= 0.3 is 0 Å². The first-order valence-electron chi connectivity index (χ1n) is 3.21. The highest BCUT2D eigenvalue weighted by Crippen LogP contribution is 2.04. The minimum atomic E-state index is 0.838. The van der Waals surface area contributed by atoms with Crippen molar-refractivity contribution in [3.05, 3.63) is 0 Å². The smallest absolute Gasteiger partial charge is 0.0210 e. The first kappa shape index (κ1) is 8.09. The van der Waals surface area contributed by atoms with E-state index in [-0.39, 0.29) is 0 Å². The highest BCUT2D eigenvalue weighted by Gasteiger charge is 1.89. The van der Waals surface area contributed by atoms with E-state index in [1.54, 1.807) is 0 Å². The molecular weight excluding hydrogens is 116 g/mol. The molecule has 0 aromatic carbocycles. The van der Waals surface area contributed by atoms with Crippen LogP contribution < -0.4 is 0 Å². The van der Waals surface area contributed by atoms with E-state index in [4.69, 9.17) is 0 Å². The van der Waals surface area contributed by atoms with Gasteiger partial charge in [-0.2, -0.15) is 0 Å². The van der Waals surface area contributed by atoms with Crippen LogP contribution in [0.5, 0.6) is 0 Å². The Hall–Kier alpha value is 0.0900. The summed E-state index contributed by atoms with van der Waals surface area (Å²) in [6, 6.07) is 0. The van der Waals surface area contributed by atoms with Crippen LogP contribution in [-0.2, 0) is 0 Å². The number of rotatable bonds is 4. The van der Waals surface area contributed by atoms with Gasteiger partial charge in [-0.25, -0.2) is 0 Å². The third kappa shape index (κ3) is 6.09. The Morgan fingerprint density at radius 1 is 1.50 bits per heavy atom. The first-order chi connectivity index (χ1) is 3.77. The van der Waals surface area contributed by atoms with Gasteiger partial charge in [-0.05, 0) is 24.1 Å². The van der Waals surface area contributed by atoms with Crippen LogP contribution >= 0.6 is 12.2 Å². The Morgan fingerprint density at radius 2 is 2.12 bits per heavy atom. The first-order valence-corrected chi connectivity index (χ1v) is 3.68. The summed E-state index contributed by atoms with van der Waals surface area (Å²) in [5, 5.41) is 1.82. The van der Waals surface area contributed by atoms with Crippen molar-refractivity contribution in [3.8, 4) is 0 Å². The summed E-state index contributed by atoms with van der Waals surface area (Å²) < 4.78 is 0. The summed E-state index contributed by atoms with van der Waals surface area (Å²) >= 11 is 4.68. The third-order valence-electron chi connectivity index (χ3n) is 1.10. The van der Waals surface area contributed by atoms with E-state index in [1.807, 2.05) is 5.37 Å². The number of unbranched alkanes of at least 4 members (excludes halogenated alkanes) is 1. The molecule has 0 fully saturated rings. The highest BCUT2D eigenvalue weighted by atomic mass is 32.1. The second kappa shape index (κ2) is 5.23. The monoisotopic (exact) mass is 130 g/mol. The molecule has 0 saturated carbocycles. The second-order valence-corrected chi connectivity index (χ2v) is 2.82. The molecule has 0 aromatic heterocycles. The van der Waals surface area contributed by atoms with Crippen LogP contribution in [0.15, 0.2) is 0 Å². The molecule has 0 saturated heterocycles. The lowest BCUT2D eigenvalue weighted by atomic mass is 10.1. The second-order valence-electron chi connectivity index (χ2n) is 2.49. The van der Waals surface area contributed by atoms with Crippen molar-refractivity contribution in [2.24, 2.45) is 5.92 Å². The molecule has 0 N–H and O–H groups in total. The minimum absolute atomic E-state index is 0.838. The van der Waals surface area contributed by atoms with Crippen LogP contribution in [-0.4, -0.2) is 5.37 Å². The molecule has 0 amide bonds. The summed E-state index contributed by atoms with van der Waals surface area (Å²) in [5.74, 6) is 0.838. The quantitative estimate of drug-likeness (QED) is 0.416. The molecule has 0 heterocycles. The predicted molar refractivity (Wildman–Crippen MR) is 42.3 cm³/mol. The van der Waals surface area contributed by atoms with Crippen molar-refractivity contribution in [2.45, 2.75) is 33.1 Å². The summed E-state index contributed by atoms with van der Waals surface area (Å²) in [5.41, 5.74) is 0. The zero-order valence-electron chi connectivity index (χ0n) is 5.68. The maximum atomic E-state index is 4.68. The Labute approximate surface area is 57.3 Å². The molecule has 0 rings (SSSR count). The Kier molecular flexibility index (Phi) is 5.29. The van der Waals surface area contributed by atoms with E-state index < -0.39 is 0 Å². The van der Waals surface area contributed by atoms with Crippen LogP contribution in [0.4, 0.5) is 0 Å². The van der Waals surface area contributed by atoms with Gasteiger partial charge < -0.3 is 0 Å². The fraction of sp³-hybridized carbons (Fsp3) is 0.857. The van der Waals surface area contributed by atoms with Crippen molar-refractivity contribution in [2.75, 3.05) is 0 Å². The van der Waals surface area contributed by atoms with Crippen molar-refractivity contribution >= 4 is 17.6 Å². The third-order valence-corrected chi connectivity index (χ3v) is 1.34. The molecule has 0 nitrogen and oxygen atoms in total. The lowest BCUT2D eigenvalue weighted by Crippen LogP contribution is -1.85. The molecule has 48 valence electrons. The van der Waals surface area contributed by atoms with Crippen LogP contribution in [0.1, 0.15) is 33.1 Å². The van der Waals surface area contributed by atoms with Gasteiger partial charge in [0.05, 0.1) is 0 Å². The zero-order chi connectivity index (χ0) is 6.41. The van der Waals surface area contributed by atoms with Crippen LogP contribution in [0.2, 0.25) is 0 Å². The van der Waals surface area contributed by atoms with Crippen LogP contribution in [0.25, 0.3) is 0 Å². The van der Waals surface area contributed by atoms with Gasteiger partial charge in [0.15, 0.2) is 0 Å². The predicted octanol–water partition coefficient (Wildman–Crippen LogP) is 2.81. The normalized spacial score (nSPS) is 9.88. The average Bonchev–Trinajstić information content (AvgIpc) is 1.66. The average molecular weight is 130 g/mol. The Bertz CT molecular complexity index is 57.4. The Balaban J connectivity index is 2.81. The molecule has 0 bridgehead atoms.